The highest BCUT2D eigenvalue weighted by atomic mass is 16.5. The van der Waals surface area contributed by atoms with Gasteiger partial charge in [-0.25, -0.2) is 0 Å². The van der Waals surface area contributed by atoms with Gasteiger partial charge in [-0.05, 0) is 79.4 Å². The molecule has 168 valence electrons. The van der Waals surface area contributed by atoms with Crippen LogP contribution in [0.3, 0.4) is 0 Å². The molecule has 0 aliphatic rings. The molecule has 0 aromatic heterocycles. The van der Waals surface area contributed by atoms with E-state index in [0.717, 1.165) is 27.8 Å². The van der Waals surface area contributed by atoms with Crippen molar-refractivity contribution in [3.63, 3.8) is 0 Å². The molecule has 5 heteroatoms. The van der Waals surface area contributed by atoms with Gasteiger partial charge in [0, 0.05) is 0 Å². The number of aromatic hydroxyl groups is 1. The molecule has 3 rings (SSSR count). The summed E-state index contributed by atoms with van der Waals surface area (Å²) in [5.41, 5.74) is 5.82. The van der Waals surface area contributed by atoms with Crippen LogP contribution in [0.15, 0.2) is 60.2 Å². The highest BCUT2D eigenvalue weighted by Crippen LogP contribution is 2.47. The summed E-state index contributed by atoms with van der Waals surface area (Å²) >= 11 is 0. The molecule has 0 saturated heterocycles. The van der Waals surface area contributed by atoms with Gasteiger partial charge in [0.25, 0.3) is 0 Å². The zero-order valence-corrected chi connectivity index (χ0v) is 19.5. The SMILES string of the molecule is COc1cc(-c2c(OC)cc(-c3ccc(O)cc3)c(C)c2OC)ccc1OCC=C(C)C. The number of ether oxygens (including phenoxy) is 4. The Morgan fingerprint density at radius 2 is 1.47 bits per heavy atom. The first-order valence-electron chi connectivity index (χ1n) is 10.4. The molecule has 0 bridgehead atoms. The minimum Gasteiger partial charge on any atom is -0.508 e. The van der Waals surface area contributed by atoms with Crippen molar-refractivity contribution in [2.45, 2.75) is 20.8 Å². The lowest BCUT2D eigenvalue weighted by Crippen LogP contribution is -2.00. The highest BCUT2D eigenvalue weighted by Gasteiger charge is 2.21. The Morgan fingerprint density at radius 1 is 0.812 bits per heavy atom. The maximum Gasteiger partial charge on any atom is 0.161 e. The summed E-state index contributed by atoms with van der Waals surface area (Å²) < 4.78 is 23.1. The van der Waals surface area contributed by atoms with E-state index in [1.807, 2.05) is 63.2 Å². The van der Waals surface area contributed by atoms with Crippen LogP contribution < -0.4 is 18.9 Å². The normalized spacial score (nSPS) is 10.4. The van der Waals surface area contributed by atoms with E-state index in [2.05, 4.69) is 0 Å². The Morgan fingerprint density at radius 3 is 2.06 bits per heavy atom. The van der Waals surface area contributed by atoms with Crippen LogP contribution in [-0.4, -0.2) is 33.0 Å². The largest absolute Gasteiger partial charge is 0.508 e. The first kappa shape index (κ1) is 23.1. The average molecular weight is 435 g/mol. The molecular weight excluding hydrogens is 404 g/mol. The maximum absolute atomic E-state index is 9.65. The molecule has 0 amide bonds. The van der Waals surface area contributed by atoms with Gasteiger partial charge in [0.15, 0.2) is 11.5 Å². The van der Waals surface area contributed by atoms with Crippen molar-refractivity contribution in [1.29, 1.82) is 0 Å². The van der Waals surface area contributed by atoms with Crippen molar-refractivity contribution in [3.05, 3.63) is 65.7 Å². The molecule has 3 aromatic rings. The summed E-state index contributed by atoms with van der Waals surface area (Å²) in [5.74, 6) is 2.92. The lowest BCUT2D eigenvalue weighted by molar-refractivity contribution is 0.326. The Balaban J connectivity index is 2.11. The summed E-state index contributed by atoms with van der Waals surface area (Å²) in [4.78, 5) is 0. The van der Waals surface area contributed by atoms with E-state index < -0.39 is 0 Å². The minimum atomic E-state index is 0.223. The zero-order chi connectivity index (χ0) is 23.3. The zero-order valence-electron chi connectivity index (χ0n) is 19.5. The van der Waals surface area contributed by atoms with E-state index in [4.69, 9.17) is 18.9 Å². The van der Waals surface area contributed by atoms with Crippen molar-refractivity contribution in [1.82, 2.24) is 0 Å². The molecule has 0 heterocycles. The molecule has 5 nitrogen and oxygen atoms in total. The second kappa shape index (κ2) is 10.1. The van der Waals surface area contributed by atoms with Crippen molar-refractivity contribution in [2.75, 3.05) is 27.9 Å². The molecule has 0 atom stereocenters. The van der Waals surface area contributed by atoms with Crippen molar-refractivity contribution >= 4 is 0 Å². The minimum absolute atomic E-state index is 0.223. The first-order chi connectivity index (χ1) is 15.4. The quantitative estimate of drug-likeness (QED) is 0.416. The molecule has 0 aliphatic carbocycles. The fourth-order valence-corrected chi connectivity index (χ4v) is 3.60. The van der Waals surface area contributed by atoms with E-state index in [9.17, 15) is 5.11 Å². The molecular formula is C27H30O5. The van der Waals surface area contributed by atoms with Crippen molar-refractivity contribution < 1.29 is 24.1 Å². The van der Waals surface area contributed by atoms with Crippen LogP contribution in [0.4, 0.5) is 0 Å². The number of benzene rings is 3. The summed E-state index contributed by atoms with van der Waals surface area (Å²) in [6.45, 7) is 6.56. The molecule has 0 spiro atoms. The molecule has 0 fully saturated rings. The third-order valence-electron chi connectivity index (χ3n) is 5.28. The molecule has 3 aromatic carbocycles. The standard InChI is InChI=1S/C27H30O5/c1-17(2)13-14-32-23-12-9-20(15-24(23)29-4)26-25(30-5)16-22(18(3)27(26)31-6)19-7-10-21(28)11-8-19/h7-13,15-16,28H,14H2,1-6H3. The fraction of sp³-hybridized carbons (Fsp3) is 0.259. The predicted octanol–water partition coefficient (Wildman–Crippen LogP) is 6.41. The van der Waals surface area contributed by atoms with Crippen molar-refractivity contribution in [2.24, 2.45) is 0 Å². The monoisotopic (exact) mass is 434 g/mol. The molecule has 0 radical (unpaired) electrons. The number of allylic oxidation sites excluding steroid dienone is 1. The van der Waals surface area contributed by atoms with Crippen LogP contribution in [0, 0.1) is 6.92 Å². The number of phenols is 1. The van der Waals surface area contributed by atoms with Gasteiger partial charge in [-0.1, -0.05) is 23.8 Å². The van der Waals surface area contributed by atoms with Crippen LogP contribution in [0.1, 0.15) is 19.4 Å². The second-order valence-corrected chi connectivity index (χ2v) is 7.66. The van der Waals surface area contributed by atoms with Gasteiger partial charge in [-0.15, -0.1) is 0 Å². The van der Waals surface area contributed by atoms with Gasteiger partial charge in [-0.3, -0.25) is 0 Å². The Bertz CT molecular complexity index is 1110. The number of methoxy groups -OCH3 is 3. The van der Waals surface area contributed by atoms with Crippen LogP contribution in [0.5, 0.6) is 28.7 Å². The van der Waals surface area contributed by atoms with E-state index >= 15 is 0 Å². The van der Waals surface area contributed by atoms with E-state index in [1.54, 1.807) is 33.5 Å². The van der Waals surface area contributed by atoms with E-state index in [-0.39, 0.29) is 5.75 Å². The lowest BCUT2D eigenvalue weighted by atomic mass is 9.93. The fourth-order valence-electron chi connectivity index (χ4n) is 3.60. The molecule has 32 heavy (non-hydrogen) atoms. The second-order valence-electron chi connectivity index (χ2n) is 7.66. The summed E-state index contributed by atoms with van der Waals surface area (Å²) in [5, 5.41) is 9.65. The first-order valence-corrected chi connectivity index (χ1v) is 10.4. The number of hydrogen-bond acceptors (Lipinski definition) is 5. The lowest BCUT2D eigenvalue weighted by Gasteiger charge is -2.20. The Labute approximate surface area is 189 Å². The average Bonchev–Trinajstić information content (AvgIpc) is 2.79. The van der Waals surface area contributed by atoms with Gasteiger partial charge in [-0.2, -0.15) is 0 Å². The van der Waals surface area contributed by atoms with Gasteiger partial charge in [0.2, 0.25) is 0 Å². The number of phenolic OH excluding ortho intramolecular Hbond substituents is 1. The molecule has 0 unspecified atom stereocenters. The van der Waals surface area contributed by atoms with Gasteiger partial charge >= 0.3 is 0 Å². The van der Waals surface area contributed by atoms with Gasteiger partial charge in [0.1, 0.15) is 23.9 Å². The Hall–Kier alpha value is -3.60. The third kappa shape index (κ3) is 4.83. The van der Waals surface area contributed by atoms with Crippen LogP contribution in [-0.2, 0) is 0 Å². The summed E-state index contributed by atoms with van der Waals surface area (Å²) in [7, 11) is 4.92. The number of hydrogen-bond donors (Lipinski definition) is 1. The van der Waals surface area contributed by atoms with E-state index in [0.29, 0.717) is 29.6 Å². The van der Waals surface area contributed by atoms with Crippen molar-refractivity contribution in [3.8, 4) is 51.0 Å². The summed E-state index contributed by atoms with van der Waals surface area (Å²) in [6.07, 6.45) is 2.02. The highest BCUT2D eigenvalue weighted by molar-refractivity contribution is 5.86. The maximum atomic E-state index is 9.65. The predicted molar refractivity (Wildman–Crippen MR) is 128 cm³/mol. The number of rotatable bonds is 8. The van der Waals surface area contributed by atoms with Gasteiger partial charge < -0.3 is 24.1 Å². The van der Waals surface area contributed by atoms with Crippen LogP contribution in [0.25, 0.3) is 22.3 Å². The molecule has 0 aliphatic heterocycles. The third-order valence-corrected chi connectivity index (χ3v) is 5.28. The van der Waals surface area contributed by atoms with E-state index in [1.165, 1.54) is 5.57 Å². The van der Waals surface area contributed by atoms with Gasteiger partial charge in [0.05, 0.1) is 26.9 Å². The molecule has 1 N–H and O–H groups in total. The topological polar surface area (TPSA) is 57.2 Å². The Kier molecular flexibility index (Phi) is 7.31. The molecule has 0 saturated carbocycles. The van der Waals surface area contributed by atoms with Crippen LogP contribution >= 0.6 is 0 Å². The summed E-state index contributed by atoms with van der Waals surface area (Å²) in [6, 6.07) is 14.9. The van der Waals surface area contributed by atoms with Crippen LogP contribution in [0.2, 0.25) is 0 Å². The smallest absolute Gasteiger partial charge is 0.161 e.